The second kappa shape index (κ2) is 7.85. The molecule has 164 valence electrons. The van der Waals surface area contributed by atoms with Crippen LogP contribution in [0.3, 0.4) is 0 Å². The normalized spacial score (nSPS) is 18.0. The van der Waals surface area contributed by atoms with Gasteiger partial charge in [-0.3, -0.25) is 9.88 Å². The Labute approximate surface area is 194 Å². The van der Waals surface area contributed by atoms with Crippen molar-refractivity contribution in [1.82, 2.24) is 15.0 Å². The minimum Gasteiger partial charge on any atom is -0.481 e. The maximum Gasteiger partial charge on any atom is 0.182 e. The van der Waals surface area contributed by atoms with E-state index in [0.29, 0.717) is 11.4 Å². The summed E-state index contributed by atoms with van der Waals surface area (Å²) in [4.78, 5) is 7.75. The molecule has 1 aromatic carbocycles. The first-order valence-corrected chi connectivity index (χ1v) is 12.0. The van der Waals surface area contributed by atoms with E-state index < -0.39 is 0 Å². The molecule has 0 unspecified atom stereocenters. The lowest BCUT2D eigenvalue weighted by atomic mass is 9.98. The van der Waals surface area contributed by atoms with Gasteiger partial charge in [0.15, 0.2) is 11.9 Å². The van der Waals surface area contributed by atoms with E-state index in [2.05, 4.69) is 22.0 Å². The number of hydrogen-bond donors (Lipinski definition) is 1. The summed E-state index contributed by atoms with van der Waals surface area (Å²) in [5, 5.41) is 14.6. The van der Waals surface area contributed by atoms with Crippen LogP contribution < -0.4 is 4.74 Å². The number of hydrogen-bond acceptors (Lipinski definition) is 7. The second-order valence-corrected chi connectivity index (χ2v) is 9.86. The van der Waals surface area contributed by atoms with E-state index in [1.54, 1.807) is 17.5 Å². The van der Waals surface area contributed by atoms with Crippen LogP contribution in [0.5, 0.6) is 5.75 Å². The van der Waals surface area contributed by atoms with Crippen LogP contribution in [0.1, 0.15) is 40.5 Å². The second-order valence-electron chi connectivity index (χ2n) is 8.29. The fraction of sp³-hybridized carbons (Fsp3) is 0.333. The Kier molecular flexibility index (Phi) is 4.95. The molecule has 5 heterocycles. The molecule has 0 amide bonds. The molecule has 6 rings (SSSR count). The van der Waals surface area contributed by atoms with E-state index in [1.807, 2.05) is 24.3 Å². The molecule has 0 spiro atoms. The molecule has 0 saturated heterocycles. The molecule has 0 saturated carbocycles. The van der Waals surface area contributed by atoms with E-state index in [4.69, 9.17) is 20.9 Å². The summed E-state index contributed by atoms with van der Waals surface area (Å²) in [6, 6.07) is 7.84. The van der Waals surface area contributed by atoms with Crippen molar-refractivity contribution in [2.45, 2.75) is 39.0 Å². The Hall–Kier alpha value is -2.45. The van der Waals surface area contributed by atoms with Crippen LogP contribution in [0, 0.1) is 0 Å². The number of rotatable bonds is 4. The Balaban J connectivity index is 1.42. The van der Waals surface area contributed by atoms with Crippen LogP contribution in [0.2, 0.25) is 5.02 Å². The number of halogens is 1. The van der Waals surface area contributed by atoms with Crippen LogP contribution in [-0.4, -0.2) is 33.2 Å². The van der Waals surface area contributed by atoms with Crippen molar-refractivity contribution >= 4 is 33.2 Å². The van der Waals surface area contributed by atoms with E-state index >= 15 is 0 Å². The fourth-order valence-electron chi connectivity index (χ4n) is 4.76. The van der Waals surface area contributed by atoms with Gasteiger partial charge in [-0.1, -0.05) is 23.7 Å². The lowest BCUT2D eigenvalue weighted by molar-refractivity contribution is 0.186. The number of thiophene rings is 1. The molecule has 1 N–H and O–H groups in total. The molecule has 3 aromatic heterocycles. The highest BCUT2D eigenvalue weighted by atomic mass is 35.5. The molecule has 0 bridgehead atoms. The molecule has 0 fully saturated rings. The van der Waals surface area contributed by atoms with Gasteiger partial charge in [0.05, 0.1) is 22.5 Å². The minimum atomic E-state index is -0.219. The number of aliphatic hydroxyl groups excluding tert-OH is 1. The lowest BCUT2D eigenvalue weighted by Gasteiger charge is -2.25. The van der Waals surface area contributed by atoms with Crippen LogP contribution >= 0.6 is 22.9 Å². The fourth-order valence-corrected chi connectivity index (χ4v) is 6.00. The highest BCUT2D eigenvalue weighted by Crippen LogP contribution is 2.48. The molecule has 0 aliphatic carbocycles. The highest BCUT2D eigenvalue weighted by Gasteiger charge is 2.35. The van der Waals surface area contributed by atoms with Gasteiger partial charge in [-0.05, 0) is 30.8 Å². The molecule has 6 nitrogen and oxygen atoms in total. The lowest BCUT2D eigenvalue weighted by Crippen LogP contribution is -2.30. The zero-order valence-corrected chi connectivity index (χ0v) is 19.2. The van der Waals surface area contributed by atoms with Gasteiger partial charge >= 0.3 is 0 Å². The molecule has 4 aromatic rings. The predicted octanol–water partition coefficient (Wildman–Crippen LogP) is 5.15. The van der Waals surface area contributed by atoms with Crippen molar-refractivity contribution in [3.05, 3.63) is 62.9 Å². The third-order valence-corrected chi connectivity index (χ3v) is 7.75. The van der Waals surface area contributed by atoms with Gasteiger partial charge < -0.3 is 14.4 Å². The number of aromatic nitrogens is 2. The monoisotopic (exact) mass is 467 g/mol. The largest absolute Gasteiger partial charge is 0.481 e. The first-order chi connectivity index (χ1) is 15.6. The first kappa shape index (κ1) is 20.2. The Morgan fingerprint density at radius 1 is 1.28 bits per heavy atom. The summed E-state index contributed by atoms with van der Waals surface area (Å²) in [6.45, 7) is 5.03. The zero-order valence-electron chi connectivity index (χ0n) is 17.6. The van der Waals surface area contributed by atoms with Crippen molar-refractivity contribution < 1.29 is 14.4 Å². The van der Waals surface area contributed by atoms with Crippen molar-refractivity contribution in [1.29, 1.82) is 0 Å². The van der Waals surface area contributed by atoms with Gasteiger partial charge in [-0.15, -0.1) is 11.3 Å². The van der Waals surface area contributed by atoms with Gasteiger partial charge in [0.2, 0.25) is 0 Å². The Morgan fingerprint density at radius 3 is 3.03 bits per heavy atom. The third-order valence-electron chi connectivity index (χ3n) is 6.39. The molecule has 2 aliphatic rings. The average Bonchev–Trinajstić information content (AvgIpc) is 3.53. The van der Waals surface area contributed by atoms with Crippen molar-refractivity contribution in [3.63, 3.8) is 0 Å². The summed E-state index contributed by atoms with van der Waals surface area (Å²) in [5.41, 5.74) is 6.10. The van der Waals surface area contributed by atoms with E-state index in [1.165, 1.54) is 5.56 Å². The third kappa shape index (κ3) is 3.23. The topological polar surface area (TPSA) is 71.6 Å². The minimum absolute atomic E-state index is 0.00191. The van der Waals surface area contributed by atoms with Gasteiger partial charge in [0.1, 0.15) is 5.75 Å². The van der Waals surface area contributed by atoms with Crippen molar-refractivity contribution in [2.24, 2.45) is 0 Å². The van der Waals surface area contributed by atoms with E-state index in [-0.39, 0.29) is 12.7 Å². The summed E-state index contributed by atoms with van der Waals surface area (Å²) in [5.74, 6) is 1.66. The predicted molar refractivity (Wildman–Crippen MR) is 124 cm³/mol. The van der Waals surface area contributed by atoms with Crippen LogP contribution in [-0.2, 0) is 26.0 Å². The van der Waals surface area contributed by atoms with Gasteiger partial charge in [0, 0.05) is 64.3 Å². The summed E-state index contributed by atoms with van der Waals surface area (Å²) in [7, 11) is 0. The number of aliphatic hydroxyl groups is 1. The number of ether oxygens (including phenoxy) is 1. The summed E-state index contributed by atoms with van der Waals surface area (Å²) in [6.07, 6.45) is 3.17. The quantitative estimate of drug-likeness (QED) is 0.447. The number of likely N-dealkylation sites (N-methyl/N-ethyl adjacent to an activating group) is 1. The summed E-state index contributed by atoms with van der Waals surface area (Å²) >= 11 is 8.08. The number of pyridine rings is 1. The number of benzene rings is 1. The van der Waals surface area contributed by atoms with Crippen molar-refractivity contribution in [2.75, 3.05) is 13.1 Å². The highest BCUT2D eigenvalue weighted by molar-refractivity contribution is 7.19. The van der Waals surface area contributed by atoms with Gasteiger partial charge in [-0.25, -0.2) is 0 Å². The van der Waals surface area contributed by atoms with Gasteiger partial charge in [0.25, 0.3) is 0 Å². The molecule has 32 heavy (non-hydrogen) atoms. The van der Waals surface area contributed by atoms with Crippen LogP contribution in [0.4, 0.5) is 0 Å². The Bertz CT molecular complexity index is 1330. The smallest absolute Gasteiger partial charge is 0.182 e. The van der Waals surface area contributed by atoms with E-state index in [0.717, 1.165) is 75.0 Å². The van der Waals surface area contributed by atoms with Crippen LogP contribution in [0.15, 0.2) is 35.0 Å². The number of nitrogens with zero attached hydrogens (tertiary/aromatic N) is 3. The molecule has 0 radical (unpaired) electrons. The summed E-state index contributed by atoms with van der Waals surface area (Å²) < 4.78 is 13.4. The van der Waals surface area contributed by atoms with Gasteiger partial charge in [-0.2, -0.15) is 0 Å². The molecular weight excluding hydrogens is 446 g/mol. The maximum atomic E-state index is 9.59. The van der Waals surface area contributed by atoms with Crippen molar-refractivity contribution in [3.8, 4) is 16.9 Å². The molecule has 1 atom stereocenters. The van der Waals surface area contributed by atoms with E-state index in [9.17, 15) is 5.11 Å². The molecule has 2 aliphatic heterocycles. The standard InChI is InChI=1S/C24H22ClN3O3S/c1-2-28-6-4-19-18(11-28)23(31-27-19)21-8-13-7-14(25)9-17(22(13)30-21)16-3-5-26-20-10-15(12-29)32-24(16)20/h3,5,7,9-10,21,29H,2,4,6,8,11-12H2,1H3/t21-/m1/s1. The Morgan fingerprint density at radius 2 is 2.19 bits per heavy atom. The van der Waals surface area contributed by atoms with Crippen LogP contribution in [0.25, 0.3) is 21.3 Å². The molecular formula is C24H22ClN3O3S. The average molecular weight is 468 g/mol. The molecule has 8 heteroatoms. The SMILES string of the molecule is CCN1CCc2noc([C@H]3Cc4cc(Cl)cc(-c5ccnc6cc(CO)sc56)c4O3)c2C1. The zero-order chi connectivity index (χ0) is 21.8. The number of fused-ring (bicyclic) bond motifs is 3. The maximum absolute atomic E-state index is 9.59. The first-order valence-electron chi connectivity index (χ1n) is 10.8.